The van der Waals surface area contributed by atoms with Crippen molar-refractivity contribution in [2.45, 2.75) is 42.0 Å². The van der Waals surface area contributed by atoms with Crippen molar-refractivity contribution in [2.24, 2.45) is 0 Å². The lowest BCUT2D eigenvalue weighted by Gasteiger charge is -2.48. The van der Waals surface area contributed by atoms with E-state index in [9.17, 15) is 9.18 Å². The third-order valence-electron chi connectivity index (χ3n) is 5.93. The number of halogens is 1. The quantitative estimate of drug-likeness (QED) is 0.576. The fourth-order valence-corrected chi connectivity index (χ4v) is 5.88. The predicted octanol–water partition coefficient (Wildman–Crippen LogP) is 3.66. The van der Waals surface area contributed by atoms with E-state index in [0.29, 0.717) is 21.7 Å². The zero-order valence-electron chi connectivity index (χ0n) is 17.4. The van der Waals surface area contributed by atoms with Crippen LogP contribution in [0.3, 0.4) is 0 Å². The summed E-state index contributed by atoms with van der Waals surface area (Å²) in [4.78, 5) is 15.1. The van der Waals surface area contributed by atoms with Gasteiger partial charge in [-0.1, -0.05) is 54.5 Å². The second-order valence-corrected chi connectivity index (χ2v) is 10.1. The number of carbonyl (C=O) groups excluding carboxylic acids is 1. The van der Waals surface area contributed by atoms with Crippen molar-refractivity contribution >= 4 is 39.8 Å². The highest BCUT2D eigenvalue weighted by molar-refractivity contribution is 8.01. The molecule has 2 aromatic rings. The molecule has 1 saturated heterocycles. The summed E-state index contributed by atoms with van der Waals surface area (Å²) in [6.45, 7) is 4.10. The first-order valence-corrected chi connectivity index (χ1v) is 12.5. The molecule has 1 aliphatic carbocycles. The zero-order valence-corrected chi connectivity index (χ0v) is 19.1. The highest BCUT2D eigenvalue weighted by Crippen LogP contribution is 2.34. The van der Waals surface area contributed by atoms with Crippen LogP contribution in [-0.4, -0.2) is 65.1 Å². The molecular formula is C21H28FN5O2S2. The van der Waals surface area contributed by atoms with Crippen molar-refractivity contribution in [3.63, 3.8) is 0 Å². The molecule has 0 radical (unpaired) electrons. The minimum atomic E-state index is -0.344. The number of carbonyl (C=O) groups is 1. The van der Waals surface area contributed by atoms with Crippen molar-refractivity contribution in [3.05, 3.63) is 30.1 Å². The normalized spacial score (nSPS) is 19.1. The van der Waals surface area contributed by atoms with Crippen LogP contribution in [-0.2, 0) is 9.53 Å². The minimum Gasteiger partial charge on any atom is -0.379 e. The summed E-state index contributed by atoms with van der Waals surface area (Å²) >= 11 is 2.66. The first-order valence-electron chi connectivity index (χ1n) is 10.7. The smallest absolute Gasteiger partial charge is 0.230 e. The third kappa shape index (κ3) is 5.94. The molecule has 2 fully saturated rings. The second kappa shape index (κ2) is 10.7. The Kier molecular flexibility index (Phi) is 7.76. The summed E-state index contributed by atoms with van der Waals surface area (Å²) in [5.74, 6) is -0.0572. The number of morpholine rings is 1. The van der Waals surface area contributed by atoms with Crippen molar-refractivity contribution in [1.82, 2.24) is 20.4 Å². The van der Waals surface area contributed by atoms with Gasteiger partial charge in [0, 0.05) is 25.2 Å². The fourth-order valence-electron chi connectivity index (χ4n) is 4.29. The number of benzene rings is 1. The summed E-state index contributed by atoms with van der Waals surface area (Å²) in [5.41, 5.74) is 0.413. The van der Waals surface area contributed by atoms with Crippen LogP contribution in [0.5, 0.6) is 0 Å². The molecule has 2 N–H and O–H groups in total. The molecule has 1 amide bonds. The Hall–Kier alpha value is -1.75. The molecule has 1 aliphatic heterocycles. The number of aromatic nitrogens is 2. The summed E-state index contributed by atoms with van der Waals surface area (Å²) in [6, 6.07) is 6.42. The van der Waals surface area contributed by atoms with Gasteiger partial charge in [-0.3, -0.25) is 9.69 Å². The molecule has 168 valence electrons. The number of para-hydroxylation sites is 1. The van der Waals surface area contributed by atoms with Crippen molar-refractivity contribution in [3.8, 4) is 0 Å². The highest BCUT2D eigenvalue weighted by Gasteiger charge is 2.38. The van der Waals surface area contributed by atoms with Gasteiger partial charge in [-0.15, -0.1) is 10.2 Å². The van der Waals surface area contributed by atoms with Gasteiger partial charge in [0.25, 0.3) is 0 Å². The van der Waals surface area contributed by atoms with Gasteiger partial charge in [-0.05, 0) is 25.0 Å². The number of hydrogen-bond acceptors (Lipinski definition) is 8. The molecule has 4 rings (SSSR count). The number of nitrogens with one attached hydrogen (secondary N) is 2. The lowest BCUT2D eigenvalue weighted by Crippen LogP contribution is -2.59. The molecule has 1 saturated carbocycles. The van der Waals surface area contributed by atoms with Gasteiger partial charge in [0.15, 0.2) is 4.34 Å². The number of rotatable bonds is 8. The number of hydrogen-bond donors (Lipinski definition) is 2. The van der Waals surface area contributed by atoms with Crippen LogP contribution in [0.25, 0.3) is 0 Å². The SMILES string of the molecule is O=C(CSc1nnc(Nc2ccccc2F)s1)NCC1(N2CCOCC2)CCCCC1. The topological polar surface area (TPSA) is 79.4 Å². The summed E-state index contributed by atoms with van der Waals surface area (Å²) in [6.07, 6.45) is 5.95. The third-order valence-corrected chi connectivity index (χ3v) is 7.90. The average Bonchev–Trinajstić information content (AvgIpc) is 3.26. The van der Waals surface area contributed by atoms with Crippen molar-refractivity contribution < 1.29 is 13.9 Å². The van der Waals surface area contributed by atoms with Gasteiger partial charge < -0.3 is 15.4 Å². The average molecular weight is 466 g/mol. The second-order valence-electron chi connectivity index (χ2n) is 7.93. The lowest BCUT2D eigenvalue weighted by molar-refractivity contribution is -0.119. The molecular weight excluding hydrogens is 437 g/mol. The zero-order chi connectivity index (χ0) is 21.5. The van der Waals surface area contributed by atoms with Crippen molar-refractivity contribution in [1.29, 1.82) is 0 Å². The van der Waals surface area contributed by atoms with Gasteiger partial charge in [0.2, 0.25) is 11.0 Å². The minimum absolute atomic E-state index is 0.00187. The predicted molar refractivity (Wildman–Crippen MR) is 122 cm³/mol. The van der Waals surface area contributed by atoms with Crippen LogP contribution in [0.15, 0.2) is 28.6 Å². The Labute approximate surface area is 190 Å². The molecule has 2 heterocycles. The van der Waals surface area contributed by atoms with E-state index in [1.807, 2.05) is 0 Å². The molecule has 10 heteroatoms. The van der Waals surface area contributed by atoms with Crippen LogP contribution in [0, 0.1) is 5.82 Å². The molecule has 0 unspecified atom stereocenters. The van der Waals surface area contributed by atoms with Gasteiger partial charge in [0.1, 0.15) is 5.82 Å². The molecule has 1 aromatic heterocycles. The van der Waals surface area contributed by atoms with E-state index in [2.05, 4.69) is 25.7 Å². The van der Waals surface area contributed by atoms with E-state index >= 15 is 0 Å². The van der Waals surface area contributed by atoms with E-state index in [1.165, 1.54) is 48.4 Å². The first kappa shape index (κ1) is 22.4. The monoisotopic (exact) mass is 465 g/mol. The molecule has 2 aliphatic rings. The Morgan fingerprint density at radius 2 is 1.97 bits per heavy atom. The number of nitrogens with zero attached hydrogens (tertiary/aromatic N) is 3. The number of anilines is 2. The standard InChI is InChI=1S/C21H28FN5O2S2/c22-16-6-2-3-7-17(16)24-19-25-26-20(31-19)30-14-18(28)23-15-21(8-4-1-5-9-21)27-10-12-29-13-11-27/h2-3,6-7H,1,4-5,8-15H2,(H,23,28)(H,24,25). The molecule has 7 nitrogen and oxygen atoms in total. The Bertz CT molecular complexity index is 869. The summed E-state index contributed by atoms with van der Waals surface area (Å²) in [5, 5.41) is 14.7. The van der Waals surface area contributed by atoms with E-state index in [1.54, 1.807) is 18.2 Å². The Morgan fingerprint density at radius 3 is 2.74 bits per heavy atom. The first-order chi connectivity index (χ1) is 15.1. The van der Waals surface area contributed by atoms with E-state index in [4.69, 9.17) is 4.74 Å². The van der Waals surface area contributed by atoms with Crippen LogP contribution in [0.2, 0.25) is 0 Å². The molecule has 0 atom stereocenters. The maximum absolute atomic E-state index is 13.8. The van der Waals surface area contributed by atoms with E-state index in [-0.39, 0.29) is 23.0 Å². The van der Waals surface area contributed by atoms with Crippen LogP contribution in [0.4, 0.5) is 15.2 Å². The maximum atomic E-state index is 13.8. The van der Waals surface area contributed by atoms with Crippen molar-refractivity contribution in [2.75, 3.05) is 43.9 Å². The molecule has 31 heavy (non-hydrogen) atoms. The molecule has 0 bridgehead atoms. The van der Waals surface area contributed by atoms with Gasteiger partial charge in [-0.25, -0.2) is 4.39 Å². The summed E-state index contributed by atoms with van der Waals surface area (Å²) in [7, 11) is 0. The Morgan fingerprint density at radius 1 is 1.19 bits per heavy atom. The van der Waals surface area contributed by atoms with Gasteiger partial charge >= 0.3 is 0 Å². The number of thioether (sulfide) groups is 1. The van der Waals surface area contributed by atoms with Crippen LogP contribution < -0.4 is 10.6 Å². The van der Waals surface area contributed by atoms with Crippen LogP contribution in [0.1, 0.15) is 32.1 Å². The molecule has 1 aromatic carbocycles. The number of amides is 1. The largest absolute Gasteiger partial charge is 0.379 e. The van der Waals surface area contributed by atoms with E-state index in [0.717, 1.165) is 39.1 Å². The lowest BCUT2D eigenvalue weighted by atomic mass is 9.79. The van der Waals surface area contributed by atoms with Gasteiger partial charge in [0.05, 0.1) is 24.7 Å². The maximum Gasteiger partial charge on any atom is 0.230 e. The Balaban J connectivity index is 1.27. The fraction of sp³-hybridized carbons (Fsp3) is 0.571. The molecule has 0 spiro atoms. The number of ether oxygens (including phenoxy) is 1. The van der Waals surface area contributed by atoms with Crippen LogP contribution >= 0.6 is 23.1 Å². The summed E-state index contributed by atoms with van der Waals surface area (Å²) < 4.78 is 20.0. The van der Waals surface area contributed by atoms with Gasteiger partial charge in [-0.2, -0.15) is 0 Å². The highest BCUT2D eigenvalue weighted by atomic mass is 32.2. The van der Waals surface area contributed by atoms with E-state index < -0.39 is 0 Å².